The second-order valence-electron chi connectivity index (χ2n) is 5.10. The normalized spacial score (nSPS) is 14.7. The number of rotatable bonds is 5. The van der Waals surface area contributed by atoms with Crippen LogP contribution in [0, 0.1) is 21.4 Å². The van der Waals surface area contributed by atoms with Crippen molar-refractivity contribution in [2.24, 2.45) is 9.50 Å². The van der Waals surface area contributed by atoms with Crippen LogP contribution in [0.5, 0.6) is 0 Å². The zero-order valence-electron chi connectivity index (χ0n) is 13.1. The Morgan fingerprint density at radius 3 is 2.81 bits per heavy atom. The van der Waals surface area contributed by atoms with Gasteiger partial charge in [0.2, 0.25) is 0 Å². The van der Waals surface area contributed by atoms with Crippen molar-refractivity contribution in [3.8, 4) is 6.07 Å². The molecular weight excluding hydrogens is 362 g/mol. The monoisotopic (exact) mass is 373 g/mol. The smallest absolute Gasteiger partial charge is 0.400 e. The summed E-state index contributed by atoms with van der Waals surface area (Å²) in [6.45, 7) is 0.0818. The maximum Gasteiger partial charge on any atom is 0.433 e. The molecule has 0 amide bonds. The lowest BCUT2D eigenvalue weighted by Gasteiger charge is -2.16. The molecule has 1 aromatic carbocycles. The molecular formula is C15H11N5O5S. The Hall–Kier alpha value is -3.52. The molecule has 1 aromatic heterocycles. The van der Waals surface area contributed by atoms with Gasteiger partial charge in [-0.1, -0.05) is 12.1 Å². The third-order valence-electron chi connectivity index (χ3n) is 3.41. The molecule has 3 rings (SSSR count). The van der Waals surface area contributed by atoms with E-state index in [0.717, 1.165) is 0 Å². The average molecular weight is 373 g/mol. The van der Waals surface area contributed by atoms with E-state index < -0.39 is 20.8 Å². The molecule has 11 heteroatoms. The molecule has 0 atom stereocenters. The number of hydrazone groups is 1. The van der Waals surface area contributed by atoms with Gasteiger partial charge in [-0.3, -0.25) is 10.1 Å². The number of nitro groups is 1. The molecule has 2 aromatic rings. The van der Waals surface area contributed by atoms with Crippen LogP contribution in [0.4, 0.5) is 5.88 Å². The molecule has 1 aliphatic rings. The van der Waals surface area contributed by atoms with Gasteiger partial charge in [0.1, 0.15) is 9.82 Å². The summed E-state index contributed by atoms with van der Waals surface area (Å²) >= 11 is 0. The first-order valence-corrected chi connectivity index (χ1v) is 8.73. The molecule has 0 saturated heterocycles. The van der Waals surface area contributed by atoms with Crippen LogP contribution in [0.2, 0.25) is 0 Å². The first-order chi connectivity index (χ1) is 12.4. The standard InChI is InChI=1S/C15H11N5O5S/c16-8-3-9-19(17-10-11-6-7-14(25-11)20(21)22)15-12-4-1-2-5-13(12)26(23,24)18-15/h1-2,4-7,10H,3,9H2/b17-10+. The van der Waals surface area contributed by atoms with E-state index in [4.69, 9.17) is 9.68 Å². The van der Waals surface area contributed by atoms with Crippen molar-refractivity contribution in [3.05, 3.63) is 57.8 Å². The van der Waals surface area contributed by atoms with Crippen molar-refractivity contribution < 1.29 is 17.8 Å². The van der Waals surface area contributed by atoms with Crippen LogP contribution in [0.3, 0.4) is 0 Å². The Bertz CT molecular complexity index is 1060. The molecule has 0 N–H and O–H groups in total. The highest BCUT2D eigenvalue weighted by Gasteiger charge is 2.31. The topological polar surface area (TPSA) is 142 Å². The number of nitrogens with zero attached hydrogens (tertiary/aromatic N) is 5. The molecule has 0 bridgehead atoms. The minimum atomic E-state index is -3.84. The number of hydrogen-bond donors (Lipinski definition) is 0. The van der Waals surface area contributed by atoms with E-state index in [-0.39, 0.29) is 29.5 Å². The van der Waals surface area contributed by atoms with Gasteiger partial charge in [-0.25, -0.2) is 5.01 Å². The van der Waals surface area contributed by atoms with Crippen molar-refractivity contribution in [1.29, 1.82) is 5.26 Å². The number of sulfonamides is 1. The zero-order valence-corrected chi connectivity index (χ0v) is 14.0. The molecule has 0 radical (unpaired) electrons. The van der Waals surface area contributed by atoms with Gasteiger partial charge in [-0.2, -0.15) is 18.8 Å². The molecule has 0 unspecified atom stereocenters. The van der Waals surface area contributed by atoms with Crippen molar-refractivity contribution in [2.75, 3.05) is 6.54 Å². The fourth-order valence-corrected chi connectivity index (χ4v) is 3.49. The van der Waals surface area contributed by atoms with Crippen LogP contribution in [0.25, 0.3) is 0 Å². The summed E-state index contributed by atoms with van der Waals surface area (Å²) in [7, 11) is -3.84. The number of fused-ring (bicyclic) bond motifs is 1. The predicted molar refractivity (Wildman–Crippen MR) is 90.1 cm³/mol. The number of amidine groups is 1. The van der Waals surface area contributed by atoms with Gasteiger partial charge >= 0.3 is 5.88 Å². The Balaban J connectivity index is 1.95. The molecule has 26 heavy (non-hydrogen) atoms. The Labute approximate surface area is 147 Å². The summed E-state index contributed by atoms with van der Waals surface area (Å²) in [6.07, 6.45) is 1.26. The van der Waals surface area contributed by atoms with Crippen molar-refractivity contribution in [3.63, 3.8) is 0 Å². The van der Waals surface area contributed by atoms with E-state index in [9.17, 15) is 18.5 Å². The van der Waals surface area contributed by atoms with Gasteiger partial charge in [-0.05, 0) is 18.2 Å². The van der Waals surface area contributed by atoms with Gasteiger partial charge < -0.3 is 4.42 Å². The largest absolute Gasteiger partial charge is 0.433 e. The number of hydrogen-bond acceptors (Lipinski definition) is 8. The van der Waals surface area contributed by atoms with Crippen LogP contribution in [-0.2, 0) is 10.0 Å². The van der Waals surface area contributed by atoms with E-state index in [2.05, 4.69) is 9.50 Å². The van der Waals surface area contributed by atoms with Crippen LogP contribution in [0.1, 0.15) is 17.7 Å². The lowest BCUT2D eigenvalue weighted by atomic mass is 10.2. The molecule has 10 nitrogen and oxygen atoms in total. The summed E-state index contributed by atoms with van der Waals surface area (Å²) < 4.78 is 33.1. The summed E-state index contributed by atoms with van der Waals surface area (Å²) in [5.74, 6) is -0.261. The van der Waals surface area contributed by atoms with E-state index in [0.29, 0.717) is 5.56 Å². The Kier molecular flexibility index (Phi) is 4.51. The number of furan rings is 1. The van der Waals surface area contributed by atoms with E-state index in [1.54, 1.807) is 18.2 Å². The van der Waals surface area contributed by atoms with Gasteiger partial charge in [0.15, 0.2) is 11.6 Å². The lowest BCUT2D eigenvalue weighted by molar-refractivity contribution is -0.402. The zero-order chi connectivity index (χ0) is 18.7. The summed E-state index contributed by atoms with van der Waals surface area (Å²) in [5.41, 5.74) is 0.369. The maximum atomic E-state index is 12.2. The molecule has 132 valence electrons. The predicted octanol–water partition coefficient (Wildman–Crippen LogP) is 1.89. The molecule has 0 aliphatic carbocycles. The summed E-state index contributed by atoms with van der Waals surface area (Å²) in [4.78, 5) is 10.0. The minimum absolute atomic E-state index is 0.0563. The maximum absolute atomic E-state index is 12.2. The SMILES string of the molecule is N#CCCN(/N=C/c1ccc([N+](=O)[O-])o1)C1=NS(=O)(=O)c2ccccc21. The summed E-state index contributed by atoms with van der Waals surface area (Å²) in [6, 6.07) is 10.7. The molecule has 2 heterocycles. The number of benzene rings is 1. The van der Waals surface area contributed by atoms with Crippen LogP contribution in [-0.4, -0.2) is 36.9 Å². The van der Waals surface area contributed by atoms with Crippen LogP contribution in [0.15, 0.2) is 55.2 Å². The third kappa shape index (κ3) is 3.31. The van der Waals surface area contributed by atoms with E-state index >= 15 is 0 Å². The number of nitriles is 1. The molecule has 0 fully saturated rings. The van der Waals surface area contributed by atoms with Crippen molar-refractivity contribution in [2.45, 2.75) is 11.3 Å². The Morgan fingerprint density at radius 1 is 1.35 bits per heavy atom. The second kappa shape index (κ2) is 6.77. The Morgan fingerprint density at radius 2 is 2.12 bits per heavy atom. The molecule has 0 spiro atoms. The van der Waals surface area contributed by atoms with Crippen molar-refractivity contribution in [1.82, 2.24) is 5.01 Å². The van der Waals surface area contributed by atoms with Crippen LogP contribution < -0.4 is 0 Å². The van der Waals surface area contributed by atoms with Crippen molar-refractivity contribution >= 4 is 28.0 Å². The van der Waals surface area contributed by atoms with Gasteiger partial charge in [0.05, 0.1) is 31.3 Å². The van der Waals surface area contributed by atoms with Gasteiger partial charge in [-0.15, -0.1) is 4.40 Å². The molecule has 0 saturated carbocycles. The highest BCUT2D eigenvalue weighted by Crippen LogP contribution is 2.27. The lowest BCUT2D eigenvalue weighted by Crippen LogP contribution is -2.27. The highest BCUT2D eigenvalue weighted by molar-refractivity contribution is 7.90. The van der Waals surface area contributed by atoms with E-state index in [1.807, 2.05) is 6.07 Å². The first kappa shape index (κ1) is 17.3. The summed E-state index contributed by atoms with van der Waals surface area (Å²) in [5, 5.41) is 24.8. The quantitative estimate of drug-likeness (QED) is 0.442. The third-order valence-corrected chi connectivity index (χ3v) is 4.73. The fourth-order valence-electron chi connectivity index (χ4n) is 2.29. The van der Waals surface area contributed by atoms with Crippen LogP contribution >= 0.6 is 0 Å². The molecule has 1 aliphatic heterocycles. The second-order valence-corrected chi connectivity index (χ2v) is 6.67. The first-order valence-electron chi connectivity index (χ1n) is 7.29. The van der Waals surface area contributed by atoms with Gasteiger partial charge in [0, 0.05) is 5.56 Å². The minimum Gasteiger partial charge on any atom is -0.400 e. The van der Waals surface area contributed by atoms with E-state index in [1.165, 1.54) is 29.4 Å². The highest BCUT2D eigenvalue weighted by atomic mass is 32.2. The fraction of sp³-hybridized carbons (Fsp3) is 0.133. The average Bonchev–Trinajstić information content (AvgIpc) is 3.19. The van der Waals surface area contributed by atoms with Gasteiger partial charge in [0.25, 0.3) is 10.0 Å².